The highest BCUT2D eigenvalue weighted by Gasteiger charge is 2.43. The lowest BCUT2D eigenvalue weighted by molar-refractivity contribution is -0.154. The zero-order valence-electron chi connectivity index (χ0n) is 21.6. The Morgan fingerprint density at radius 2 is 1.60 bits per heavy atom. The third-order valence-electron chi connectivity index (χ3n) is 7.34. The smallest absolute Gasteiger partial charge is 0.326 e. The fourth-order valence-electron chi connectivity index (χ4n) is 4.90. The fraction of sp³-hybridized carbons (Fsp3) is 0.600. The quantitative estimate of drug-likeness (QED) is 0.221. The van der Waals surface area contributed by atoms with Crippen molar-refractivity contribution in [3.05, 3.63) is 47.8 Å². The van der Waals surface area contributed by atoms with Crippen LogP contribution in [0.3, 0.4) is 0 Å². The van der Waals surface area contributed by atoms with Crippen LogP contribution in [0.1, 0.15) is 108 Å². The molecule has 2 aromatic rings. The molecule has 1 aliphatic carbocycles. The summed E-state index contributed by atoms with van der Waals surface area (Å²) >= 11 is 0. The minimum absolute atomic E-state index is 0.334. The van der Waals surface area contributed by atoms with Gasteiger partial charge in [0.1, 0.15) is 0 Å². The van der Waals surface area contributed by atoms with Crippen molar-refractivity contribution in [2.45, 2.75) is 103 Å². The normalized spacial score (nSPS) is 19.7. The van der Waals surface area contributed by atoms with E-state index in [0.29, 0.717) is 25.4 Å². The Hall–Kier alpha value is -2.74. The Morgan fingerprint density at radius 3 is 2.23 bits per heavy atom. The van der Waals surface area contributed by atoms with E-state index in [4.69, 9.17) is 4.74 Å². The lowest BCUT2D eigenvalue weighted by Gasteiger charge is -2.33. The summed E-state index contributed by atoms with van der Waals surface area (Å²) in [4.78, 5) is 21.7. The zero-order valence-corrected chi connectivity index (χ0v) is 21.6. The molecule has 5 heteroatoms. The minimum Gasteiger partial charge on any atom is -0.465 e. The van der Waals surface area contributed by atoms with Gasteiger partial charge in [0.25, 0.3) is 0 Å². The molecule has 1 heterocycles. The molecule has 0 spiro atoms. The Balaban J connectivity index is 1.50. The molecule has 1 fully saturated rings. The molecule has 35 heavy (non-hydrogen) atoms. The van der Waals surface area contributed by atoms with Crippen molar-refractivity contribution in [2.75, 3.05) is 6.61 Å². The second-order valence-electron chi connectivity index (χ2n) is 10.0. The van der Waals surface area contributed by atoms with Gasteiger partial charge in [0.2, 0.25) is 0 Å². The zero-order chi connectivity index (χ0) is 24.9. The van der Waals surface area contributed by atoms with E-state index in [-0.39, 0.29) is 5.97 Å². The molecular weight excluding hydrogens is 434 g/mol. The number of esters is 1. The van der Waals surface area contributed by atoms with Gasteiger partial charge in [-0.25, -0.2) is 9.97 Å². The van der Waals surface area contributed by atoms with Crippen molar-refractivity contribution < 1.29 is 9.53 Å². The minimum atomic E-state index is -0.977. The number of carbonyl (C=O) groups excluding carboxylic acids is 1. The average Bonchev–Trinajstić information content (AvgIpc) is 2.91. The van der Waals surface area contributed by atoms with E-state index in [1.165, 1.54) is 49.7 Å². The predicted octanol–water partition coefficient (Wildman–Crippen LogP) is 7.56. The van der Waals surface area contributed by atoms with Gasteiger partial charge in [0.05, 0.1) is 12.7 Å². The number of hydrogen-bond acceptors (Lipinski definition) is 5. The number of nitrogens with zero attached hydrogens (tertiary/aromatic N) is 3. The van der Waals surface area contributed by atoms with Crippen molar-refractivity contribution in [2.24, 2.45) is 5.41 Å². The van der Waals surface area contributed by atoms with Crippen LogP contribution in [-0.2, 0) is 16.0 Å². The van der Waals surface area contributed by atoms with Gasteiger partial charge < -0.3 is 4.74 Å². The summed E-state index contributed by atoms with van der Waals surface area (Å²) in [5, 5.41) is 9.73. The van der Waals surface area contributed by atoms with Crippen molar-refractivity contribution >= 4 is 5.97 Å². The van der Waals surface area contributed by atoms with Crippen LogP contribution in [0.4, 0.5) is 0 Å². The summed E-state index contributed by atoms with van der Waals surface area (Å²) in [6, 6.07) is 10.7. The SMILES string of the molecule is CCCCCCCCc1cnc(-c2ccc(C3CCC(C#N)(C(=O)OCCCC)CC3)cc2)nc1. The van der Waals surface area contributed by atoms with Crippen molar-refractivity contribution in [1.29, 1.82) is 5.26 Å². The van der Waals surface area contributed by atoms with Gasteiger partial charge >= 0.3 is 5.97 Å². The third-order valence-corrected chi connectivity index (χ3v) is 7.34. The van der Waals surface area contributed by atoms with Crippen LogP contribution in [0.5, 0.6) is 0 Å². The van der Waals surface area contributed by atoms with Crippen LogP contribution in [0.15, 0.2) is 36.7 Å². The number of aromatic nitrogens is 2. The monoisotopic (exact) mass is 475 g/mol. The highest BCUT2D eigenvalue weighted by atomic mass is 16.5. The molecule has 1 aliphatic rings. The van der Waals surface area contributed by atoms with Crippen LogP contribution in [0, 0.1) is 16.7 Å². The van der Waals surface area contributed by atoms with Crippen molar-refractivity contribution in [3.8, 4) is 17.5 Å². The summed E-state index contributed by atoms with van der Waals surface area (Å²) in [6.07, 6.45) is 17.3. The first kappa shape index (κ1) is 26.9. The summed E-state index contributed by atoms with van der Waals surface area (Å²) in [5.41, 5.74) is 2.49. The summed E-state index contributed by atoms with van der Waals surface area (Å²) in [7, 11) is 0. The van der Waals surface area contributed by atoms with Gasteiger partial charge in [0, 0.05) is 18.0 Å². The number of benzene rings is 1. The molecule has 3 rings (SSSR count). The average molecular weight is 476 g/mol. The van der Waals surface area contributed by atoms with Crippen LogP contribution < -0.4 is 0 Å². The van der Waals surface area contributed by atoms with Gasteiger partial charge in [-0.2, -0.15) is 5.26 Å². The van der Waals surface area contributed by atoms with Crippen LogP contribution >= 0.6 is 0 Å². The van der Waals surface area contributed by atoms with Gasteiger partial charge in [-0.15, -0.1) is 0 Å². The van der Waals surface area contributed by atoms with Gasteiger partial charge in [-0.1, -0.05) is 76.6 Å². The first-order chi connectivity index (χ1) is 17.1. The van der Waals surface area contributed by atoms with Crippen LogP contribution in [-0.4, -0.2) is 22.5 Å². The van der Waals surface area contributed by atoms with E-state index < -0.39 is 5.41 Å². The van der Waals surface area contributed by atoms with E-state index in [2.05, 4.69) is 54.2 Å². The maximum absolute atomic E-state index is 12.5. The molecule has 1 saturated carbocycles. The second kappa shape index (κ2) is 14.0. The number of ether oxygens (including phenoxy) is 1. The van der Waals surface area contributed by atoms with E-state index >= 15 is 0 Å². The molecule has 0 bridgehead atoms. The molecule has 0 amide bonds. The first-order valence-electron chi connectivity index (χ1n) is 13.6. The van der Waals surface area contributed by atoms with Gasteiger partial charge in [0.15, 0.2) is 11.2 Å². The summed E-state index contributed by atoms with van der Waals surface area (Å²) < 4.78 is 5.40. The first-order valence-corrected chi connectivity index (χ1v) is 13.6. The molecule has 0 atom stereocenters. The Kier molecular flexibility index (Phi) is 10.7. The van der Waals surface area contributed by atoms with Crippen molar-refractivity contribution in [1.82, 2.24) is 9.97 Å². The van der Waals surface area contributed by atoms with E-state index in [9.17, 15) is 10.1 Å². The number of rotatable bonds is 13. The lowest BCUT2D eigenvalue weighted by Crippen LogP contribution is -2.35. The van der Waals surface area contributed by atoms with Gasteiger partial charge in [-0.3, -0.25) is 4.79 Å². The number of nitriles is 1. The second-order valence-corrected chi connectivity index (χ2v) is 10.0. The summed E-state index contributed by atoms with van der Waals surface area (Å²) in [6.45, 7) is 4.71. The van der Waals surface area contributed by atoms with Crippen LogP contribution in [0.2, 0.25) is 0 Å². The molecule has 0 radical (unpaired) electrons. The third kappa shape index (κ3) is 7.62. The Bertz CT molecular complexity index is 939. The number of unbranched alkanes of at least 4 members (excludes halogenated alkanes) is 6. The van der Waals surface area contributed by atoms with Crippen LogP contribution in [0.25, 0.3) is 11.4 Å². The van der Waals surface area contributed by atoms with Crippen molar-refractivity contribution in [3.63, 3.8) is 0 Å². The highest BCUT2D eigenvalue weighted by molar-refractivity contribution is 5.80. The number of aryl methyl sites for hydroxylation is 1. The molecule has 1 aromatic carbocycles. The summed E-state index contributed by atoms with van der Waals surface area (Å²) in [5.74, 6) is 0.777. The lowest BCUT2D eigenvalue weighted by atomic mass is 9.69. The molecule has 5 nitrogen and oxygen atoms in total. The maximum Gasteiger partial charge on any atom is 0.326 e. The molecule has 0 saturated heterocycles. The fourth-order valence-corrected chi connectivity index (χ4v) is 4.90. The molecular formula is C30H41N3O2. The topological polar surface area (TPSA) is 75.9 Å². The number of carbonyl (C=O) groups is 1. The Morgan fingerprint density at radius 1 is 0.971 bits per heavy atom. The highest BCUT2D eigenvalue weighted by Crippen LogP contribution is 2.43. The maximum atomic E-state index is 12.5. The number of hydrogen-bond donors (Lipinski definition) is 0. The van der Waals surface area contributed by atoms with E-state index in [1.54, 1.807) is 0 Å². The van der Waals surface area contributed by atoms with E-state index in [1.807, 2.05) is 12.4 Å². The van der Waals surface area contributed by atoms with Gasteiger partial charge in [-0.05, 0) is 62.0 Å². The molecule has 0 unspecified atom stereocenters. The largest absolute Gasteiger partial charge is 0.465 e. The molecule has 0 N–H and O–H groups in total. The predicted molar refractivity (Wildman–Crippen MR) is 140 cm³/mol. The Labute approximate surface area is 211 Å². The van der Waals surface area contributed by atoms with E-state index in [0.717, 1.165) is 43.5 Å². The standard InChI is InChI=1S/C30H41N3O2/c1-3-5-7-8-9-10-11-24-21-32-28(33-22-24)27-14-12-25(13-15-27)26-16-18-30(23-31,19-17-26)29(34)35-20-6-4-2/h12-15,21-22,26H,3-11,16-20H2,1-2H3. The molecule has 188 valence electrons. The molecule has 0 aliphatic heterocycles. The molecule has 1 aromatic heterocycles.